The molecule has 1 aromatic heterocycles. The number of nitrogens with zero attached hydrogens (tertiary/aromatic N) is 1. The molecule has 16 heavy (non-hydrogen) atoms. The molecule has 2 N–H and O–H groups in total. The number of benzene rings is 1. The van der Waals surface area contributed by atoms with E-state index in [1.165, 1.54) is 12.3 Å². The van der Waals surface area contributed by atoms with Crippen LogP contribution in [0.1, 0.15) is 5.56 Å². The quantitative estimate of drug-likeness (QED) is 0.802. The molecule has 0 unspecified atom stereocenters. The molecule has 0 saturated heterocycles. The van der Waals surface area contributed by atoms with E-state index in [9.17, 15) is 8.78 Å². The number of nitrogen functional groups attached to an aromatic ring is 1. The van der Waals surface area contributed by atoms with Crippen molar-refractivity contribution in [3.63, 3.8) is 0 Å². The lowest BCUT2D eigenvalue weighted by atomic mass is 10.0. The fourth-order valence-corrected chi connectivity index (χ4v) is 1.49. The van der Waals surface area contributed by atoms with Crippen LogP contribution in [0.15, 0.2) is 30.5 Å². The van der Waals surface area contributed by atoms with Crippen molar-refractivity contribution in [2.24, 2.45) is 0 Å². The van der Waals surface area contributed by atoms with Gasteiger partial charge in [-0.1, -0.05) is 11.6 Å². The molecule has 82 valence electrons. The van der Waals surface area contributed by atoms with Gasteiger partial charge in [0.2, 0.25) is 0 Å². The molecule has 2 aromatic rings. The molecule has 2 nitrogen and oxygen atoms in total. The monoisotopic (exact) mass is 220 g/mol. The van der Waals surface area contributed by atoms with E-state index in [1.54, 1.807) is 12.1 Å². The van der Waals surface area contributed by atoms with Gasteiger partial charge in [-0.15, -0.1) is 0 Å². The highest BCUT2D eigenvalue weighted by atomic mass is 19.1. The van der Waals surface area contributed by atoms with Gasteiger partial charge in [-0.05, 0) is 19.1 Å². The van der Waals surface area contributed by atoms with Gasteiger partial charge in [0.1, 0.15) is 17.5 Å². The Hall–Kier alpha value is -1.97. The van der Waals surface area contributed by atoms with Gasteiger partial charge in [0, 0.05) is 23.4 Å². The Morgan fingerprint density at radius 2 is 1.81 bits per heavy atom. The Labute approximate surface area is 91.7 Å². The van der Waals surface area contributed by atoms with Crippen molar-refractivity contribution in [3.05, 3.63) is 47.7 Å². The Morgan fingerprint density at radius 1 is 1.06 bits per heavy atom. The Morgan fingerprint density at radius 3 is 2.50 bits per heavy atom. The predicted octanol–water partition coefficient (Wildman–Crippen LogP) is 2.92. The normalized spacial score (nSPS) is 10.4. The van der Waals surface area contributed by atoms with Crippen molar-refractivity contribution in [1.82, 2.24) is 4.98 Å². The van der Waals surface area contributed by atoms with E-state index >= 15 is 0 Å². The molecule has 4 heteroatoms. The van der Waals surface area contributed by atoms with Gasteiger partial charge in [0.15, 0.2) is 0 Å². The number of pyridine rings is 1. The molecule has 0 atom stereocenters. The summed E-state index contributed by atoms with van der Waals surface area (Å²) in [5.41, 5.74) is 6.50. The van der Waals surface area contributed by atoms with E-state index in [-0.39, 0.29) is 16.9 Å². The highest BCUT2D eigenvalue weighted by Crippen LogP contribution is 2.26. The zero-order chi connectivity index (χ0) is 11.7. The topological polar surface area (TPSA) is 38.9 Å². The average molecular weight is 220 g/mol. The summed E-state index contributed by atoms with van der Waals surface area (Å²) in [5.74, 6) is -0.970. The van der Waals surface area contributed by atoms with Crippen molar-refractivity contribution < 1.29 is 8.78 Å². The lowest BCUT2D eigenvalue weighted by Crippen LogP contribution is -1.95. The molecule has 0 radical (unpaired) electrons. The largest absolute Gasteiger partial charge is 0.384 e. The number of aromatic nitrogens is 1. The van der Waals surface area contributed by atoms with Crippen LogP contribution in [0.2, 0.25) is 0 Å². The van der Waals surface area contributed by atoms with Gasteiger partial charge >= 0.3 is 0 Å². The minimum absolute atomic E-state index is 0.0781. The Balaban J connectivity index is 2.62. The maximum Gasteiger partial charge on any atom is 0.136 e. The molecular weight excluding hydrogens is 210 g/mol. The first-order valence-corrected chi connectivity index (χ1v) is 4.75. The van der Waals surface area contributed by atoms with Crippen molar-refractivity contribution in [2.45, 2.75) is 6.92 Å². The van der Waals surface area contributed by atoms with Crippen LogP contribution in [-0.2, 0) is 0 Å². The molecule has 0 saturated carbocycles. The summed E-state index contributed by atoms with van der Waals surface area (Å²) in [4.78, 5) is 3.76. The highest BCUT2D eigenvalue weighted by Gasteiger charge is 2.11. The summed E-state index contributed by atoms with van der Waals surface area (Å²) >= 11 is 0. The first kappa shape index (κ1) is 10.5. The predicted molar refractivity (Wildman–Crippen MR) is 58.7 cm³/mol. The number of halogens is 2. The van der Waals surface area contributed by atoms with Crippen LogP contribution in [0.3, 0.4) is 0 Å². The number of aryl methyl sites for hydroxylation is 1. The number of hydrogen-bond donors (Lipinski definition) is 1. The minimum Gasteiger partial charge on any atom is -0.384 e. The fourth-order valence-electron chi connectivity index (χ4n) is 1.49. The summed E-state index contributed by atoms with van der Waals surface area (Å²) in [5, 5.41) is 0. The highest BCUT2D eigenvalue weighted by molar-refractivity contribution is 5.65. The zero-order valence-corrected chi connectivity index (χ0v) is 8.67. The van der Waals surface area contributed by atoms with Gasteiger partial charge in [-0.25, -0.2) is 13.8 Å². The molecule has 0 aliphatic carbocycles. The number of rotatable bonds is 1. The average Bonchev–Trinajstić information content (AvgIpc) is 2.22. The molecule has 0 aliphatic rings. The number of hydrogen-bond acceptors (Lipinski definition) is 2. The summed E-state index contributed by atoms with van der Waals surface area (Å²) in [6.07, 6.45) is 1.24. The van der Waals surface area contributed by atoms with E-state index in [1.807, 2.05) is 6.92 Å². The fraction of sp³-hybridized carbons (Fsp3) is 0.0833. The number of nitrogens with two attached hydrogens (primary N) is 1. The van der Waals surface area contributed by atoms with Gasteiger partial charge < -0.3 is 5.73 Å². The van der Waals surface area contributed by atoms with E-state index in [0.29, 0.717) is 0 Å². The van der Waals surface area contributed by atoms with Gasteiger partial charge in [0.25, 0.3) is 0 Å². The summed E-state index contributed by atoms with van der Waals surface area (Å²) in [6.45, 7) is 1.81. The second-order valence-corrected chi connectivity index (χ2v) is 3.57. The molecule has 1 aromatic carbocycles. The van der Waals surface area contributed by atoms with E-state index in [0.717, 1.165) is 11.6 Å². The Bertz CT molecular complexity index is 539. The van der Waals surface area contributed by atoms with Gasteiger partial charge in [-0.2, -0.15) is 0 Å². The first-order chi connectivity index (χ1) is 7.58. The van der Waals surface area contributed by atoms with E-state index in [4.69, 9.17) is 5.73 Å². The maximum atomic E-state index is 13.6. The molecular formula is C12H10F2N2. The van der Waals surface area contributed by atoms with Gasteiger partial charge in [0.05, 0.1) is 0 Å². The third kappa shape index (κ3) is 1.86. The van der Waals surface area contributed by atoms with E-state index < -0.39 is 11.6 Å². The van der Waals surface area contributed by atoms with Crippen molar-refractivity contribution >= 4 is 5.82 Å². The second-order valence-electron chi connectivity index (χ2n) is 3.57. The SMILES string of the molecule is Cc1ccc(F)c(-c2cnc(N)cc2F)c1. The smallest absolute Gasteiger partial charge is 0.136 e. The molecule has 0 aliphatic heterocycles. The van der Waals surface area contributed by atoms with Crippen LogP contribution in [0.4, 0.5) is 14.6 Å². The van der Waals surface area contributed by atoms with Crippen molar-refractivity contribution in [1.29, 1.82) is 0 Å². The van der Waals surface area contributed by atoms with Gasteiger partial charge in [-0.3, -0.25) is 0 Å². The third-order valence-electron chi connectivity index (χ3n) is 2.29. The van der Waals surface area contributed by atoms with Crippen LogP contribution < -0.4 is 5.73 Å². The third-order valence-corrected chi connectivity index (χ3v) is 2.29. The summed E-state index contributed by atoms with van der Waals surface area (Å²) in [7, 11) is 0. The lowest BCUT2D eigenvalue weighted by molar-refractivity contribution is 0.615. The first-order valence-electron chi connectivity index (χ1n) is 4.75. The zero-order valence-electron chi connectivity index (χ0n) is 8.67. The second kappa shape index (κ2) is 3.89. The molecule has 0 amide bonds. The van der Waals surface area contributed by atoms with Crippen molar-refractivity contribution in [2.75, 3.05) is 5.73 Å². The minimum atomic E-state index is -0.572. The van der Waals surface area contributed by atoms with Crippen molar-refractivity contribution in [3.8, 4) is 11.1 Å². The maximum absolute atomic E-state index is 13.6. The van der Waals surface area contributed by atoms with E-state index in [2.05, 4.69) is 4.98 Å². The molecule has 0 spiro atoms. The summed E-state index contributed by atoms with van der Waals surface area (Å²) in [6, 6.07) is 5.59. The van der Waals surface area contributed by atoms with Crippen LogP contribution in [0, 0.1) is 18.6 Å². The lowest BCUT2D eigenvalue weighted by Gasteiger charge is -2.06. The standard InChI is InChI=1S/C12H10F2N2/c1-7-2-3-10(13)8(4-7)9-6-16-12(15)5-11(9)14/h2-6H,1H3,(H2,15,16). The summed E-state index contributed by atoms with van der Waals surface area (Å²) < 4.78 is 27.1. The van der Waals surface area contributed by atoms with Crippen LogP contribution in [-0.4, -0.2) is 4.98 Å². The number of anilines is 1. The Kier molecular flexibility index (Phi) is 2.56. The molecule has 0 bridgehead atoms. The molecule has 1 heterocycles. The molecule has 2 rings (SSSR count). The molecule has 0 fully saturated rings. The van der Waals surface area contributed by atoms with Crippen LogP contribution >= 0.6 is 0 Å². The van der Waals surface area contributed by atoms with Crippen LogP contribution in [0.5, 0.6) is 0 Å². The van der Waals surface area contributed by atoms with Crippen LogP contribution in [0.25, 0.3) is 11.1 Å².